The fourth-order valence-corrected chi connectivity index (χ4v) is 3.55. The van der Waals surface area contributed by atoms with Crippen LogP contribution in [0, 0.1) is 0 Å². The molecule has 1 aliphatic heterocycles. The van der Waals surface area contributed by atoms with Crippen LogP contribution in [0.25, 0.3) is 0 Å². The van der Waals surface area contributed by atoms with E-state index in [2.05, 4.69) is 32.1 Å². The van der Waals surface area contributed by atoms with Crippen molar-refractivity contribution in [3.63, 3.8) is 0 Å². The van der Waals surface area contributed by atoms with Crippen LogP contribution in [-0.2, 0) is 16.1 Å². The Balaban J connectivity index is 1.44. The first kappa shape index (κ1) is 19.8. The summed E-state index contributed by atoms with van der Waals surface area (Å²) in [6.07, 6.45) is 2.24. The molecule has 0 radical (unpaired) electrons. The molecule has 6 heteroatoms. The van der Waals surface area contributed by atoms with E-state index in [0.29, 0.717) is 25.7 Å². The van der Waals surface area contributed by atoms with Crippen molar-refractivity contribution >= 4 is 11.8 Å². The van der Waals surface area contributed by atoms with Crippen LogP contribution < -0.4 is 5.32 Å². The van der Waals surface area contributed by atoms with E-state index in [0.717, 1.165) is 39.0 Å². The van der Waals surface area contributed by atoms with Gasteiger partial charge in [-0.05, 0) is 32.3 Å². The van der Waals surface area contributed by atoms with E-state index in [1.807, 2.05) is 32.0 Å². The number of piperazine rings is 1. The molecule has 1 aromatic carbocycles. The molecule has 1 aromatic rings. The lowest BCUT2D eigenvalue weighted by Crippen LogP contribution is -2.52. The minimum atomic E-state index is 0.0808. The Kier molecular flexibility index (Phi) is 6.85. The molecule has 2 amide bonds. The summed E-state index contributed by atoms with van der Waals surface area (Å²) in [4.78, 5) is 31.2. The van der Waals surface area contributed by atoms with Crippen LogP contribution in [0.1, 0.15) is 32.3 Å². The van der Waals surface area contributed by atoms with Gasteiger partial charge in [-0.2, -0.15) is 0 Å². The molecule has 1 heterocycles. The van der Waals surface area contributed by atoms with Crippen LogP contribution in [-0.4, -0.2) is 77.9 Å². The molecular formula is C21H32N4O2. The smallest absolute Gasteiger partial charge is 0.237 e. The van der Waals surface area contributed by atoms with Crippen LogP contribution in [0.4, 0.5) is 0 Å². The monoisotopic (exact) mass is 372 g/mol. The molecule has 0 aromatic heterocycles. The highest BCUT2D eigenvalue weighted by molar-refractivity contribution is 5.79. The van der Waals surface area contributed by atoms with Gasteiger partial charge in [0.1, 0.15) is 0 Å². The van der Waals surface area contributed by atoms with Crippen LogP contribution in [0.3, 0.4) is 0 Å². The first-order valence-electron chi connectivity index (χ1n) is 10.1. The summed E-state index contributed by atoms with van der Waals surface area (Å²) in [5, 5.41) is 2.94. The van der Waals surface area contributed by atoms with Gasteiger partial charge in [-0.15, -0.1) is 0 Å². The highest BCUT2D eigenvalue weighted by Crippen LogP contribution is 2.28. The Morgan fingerprint density at radius 1 is 1.04 bits per heavy atom. The molecule has 6 nitrogen and oxygen atoms in total. The van der Waals surface area contributed by atoms with Gasteiger partial charge in [-0.1, -0.05) is 30.3 Å². The first-order valence-corrected chi connectivity index (χ1v) is 10.1. The predicted molar refractivity (Wildman–Crippen MR) is 106 cm³/mol. The molecule has 1 N–H and O–H groups in total. The van der Waals surface area contributed by atoms with Crippen LogP contribution >= 0.6 is 0 Å². The van der Waals surface area contributed by atoms with E-state index in [1.54, 1.807) is 0 Å². The van der Waals surface area contributed by atoms with E-state index >= 15 is 0 Å². The second kappa shape index (κ2) is 9.33. The van der Waals surface area contributed by atoms with Gasteiger partial charge >= 0.3 is 0 Å². The number of nitrogens with zero attached hydrogens (tertiary/aromatic N) is 3. The quantitative estimate of drug-likeness (QED) is 0.748. The Morgan fingerprint density at radius 2 is 1.63 bits per heavy atom. The van der Waals surface area contributed by atoms with Gasteiger partial charge in [0, 0.05) is 44.8 Å². The highest BCUT2D eigenvalue weighted by atomic mass is 16.2. The summed E-state index contributed by atoms with van der Waals surface area (Å²) in [7, 11) is 0. The number of amides is 2. The summed E-state index contributed by atoms with van der Waals surface area (Å²) in [6.45, 7) is 8.93. The van der Waals surface area contributed by atoms with Crippen molar-refractivity contribution in [1.29, 1.82) is 0 Å². The molecule has 3 rings (SSSR count). The number of hydrogen-bond donors (Lipinski definition) is 1. The molecular weight excluding hydrogens is 340 g/mol. The molecule has 1 saturated carbocycles. The third-order valence-electron chi connectivity index (χ3n) is 5.14. The van der Waals surface area contributed by atoms with E-state index in [-0.39, 0.29) is 17.9 Å². The van der Waals surface area contributed by atoms with Crippen molar-refractivity contribution in [1.82, 2.24) is 20.0 Å². The Morgan fingerprint density at radius 3 is 2.19 bits per heavy atom. The third-order valence-corrected chi connectivity index (χ3v) is 5.14. The first-order chi connectivity index (χ1) is 13.0. The normalized spacial score (nSPS) is 18.5. The van der Waals surface area contributed by atoms with E-state index in [1.165, 1.54) is 5.56 Å². The van der Waals surface area contributed by atoms with Gasteiger partial charge < -0.3 is 10.2 Å². The maximum absolute atomic E-state index is 12.9. The van der Waals surface area contributed by atoms with E-state index in [4.69, 9.17) is 0 Å². The summed E-state index contributed by atoms with van der Waals surface area (Å²) < 4.78 is 0. The number of carbonyl (C=O) groups is 2. The average Bonchev–Trinajstić information content (AvgIpc) is 3.46. The fourth-order valence-electron chi connectivity index (χ4n) is 3.55. The van der Waals surface area contributed by atoms with Crippen molar-refractivity contribution in [3.05, 3.63) is 35.9 Å². The van der Waals surface area contributed by atoms with Crippen molar-refractivity contribution in [3.8, 4) is 0 Å². The Hall–Kier alpha value is -1.92. The summed E-state index contributed by atoms with van der Waals surface area (Å²) in [5.74, 6) is 0.310. The van der Waals surface area contributed by atoms with E-state index < -0.39 is 0 Å². The van der Waals surface area contributed by atoms with Gasteiger partial charge in [-0.25, -0.2) is 0 Å². The lowest BCUT2D eigenvalue weighted by molar-refractivity contribution is -0.134. The second-order valence-corrected chi connectivity index (χ2v) is 8.01. The van der Waals surface area contributed by atoms with Gasteiger partial charge in [0.25, 0.3) is 0 Å². The number of rotatable bonds is 8. The molecule has 0 spiro atoms. The maximum atomic E-state index is 12.9. The fraction of sp³-hybridized carbons (Fsp3) is 0.619. The highest BCUT2D eigenvalue weighted by Gasteiger charge is 2.33. The zero-order valence-electron chi connectivity index (χ0n) is 16.6. The van der Waals surface area contributed by atoms with Crippen LogP contribution in [0.2, 0.25) is 0 Å². The van der Waals surface area contributed by atoms with Gasteiger partial charge in [-0.3, -0.25) is 19.4 Å². The molecule has 0 atom stereocenters. The zero-order valence-corrected chi connectivity index (χ0v) is 16.6. The van der Waals surface area contributed by atoms with E-state index in [9.17, 15) is 9.59 Å². The molecule has 27 heavy (non-hydrogen) atoms. The predicted octanol–water partition coefficient (Wildman–Crippen LogP) is 1.32. The summed E-state index contributed by atoms with van der Waals surface area (Å²) in [5.41, 5.74) is 1.19. The number of nitrogens with one attached hydrogen (secondary N) is 1. The zero-order chi connectivity index (χ0) is 19.2. The SMILES string of the molecule is CC(C)NC(=O)CN1CCN(CC(=O)N(Cc2ccccc2)C2CC2)CC1. The topological polar surface area (TPSA) is 55.9 Å². The minimum Gasteiger partial charge on any atom is -0.353 e. The Bertz CT molecular complexity index is 622. The molecule has 2 aliphatic rings. The van der Waals surface area contributed by atoms with Crippen molar-refractivity contribution in [2.45, 2.75) is 45.3 Å². The summed E-state index contributed by atoms with van der Waals surface area (Å²) in [6, 6.07) is 10.8. The third kappa shape index (κ3) is 6.33. The maximum Gasteiger partial charge on any atom is 0.237 e. The lowest BCUT2D eigenvalue weighted by atomic mass is 10.2. The van der Waals surface area contributed by atoms with Crippen molar-refractivity contribution < 1.29 is 9.59 Å². The largest absolute Gasteiger partial charge is 0.353 e. The van der Waals surface area contributed by atoms with Crippen molar-refractivity contribution in [2.24, 2.45) is 0 Å². The minimum absolute atomic E-state index is 0.0808. The van der Waals surface area contributed by atoms with Crippen molar-refractivity contribution in [2.75, 3.05) is 39.3 Å². The molecule has 1 aliphatic carbocycles. The lowest BCUT2D eigenvalue weighted by Gasteiger charge is -2.35. The number of carbonyl (C=O) groups excluding carboxylic acids is 2. The van der Waals surface area contributed by atoms with Gasteiger partial charge in [0.15, 0.2) is 0 Å². The molecule has 0 unspecified atom stereocenters. The molecule has 1 saturated heterocycles. The number of hydrogen-bond acceptors (Lipinski definition) is 4. The van der Waals surface area contributed by atoms with Gasteiger partial charge in [0.05, 0.1) is 13.1 Å². The molecule has 2 fully saturated rings. The van der Waals surface area contributed by atoms with Crippen LogP contribution in [0.15, 0.2) is 30.3 Å². The van der Waals surface area contributed by atoms with Crippen LogP contribution in [0.5, 0.6) is 0 Å². The van der Waals surface area contributed by atoms with Gasteiger partial charge in [0.2, 0.25) is 11.8 Å². The number of benzene rings is 1. The average molecular weight is 373 g/mol. The Labute approximate surface area is 162 Å². The standard InChI is InChI=1S/C21H32N4O2/c1-17(2)22-20(26)15-23-10-12-24(13-11-23)16-21(27)25(19-8-9-19)14-18-6-4-3-5-7-18/h3-7,17,19H,8-16H2,1-2H3,(H,22,26). The second-order valence-electron chi connectivity index (χ2n) is 8.01. The summed E-state index contributed by atoms with van der Waals surface area (Å²) >= 11 is 0. The molecule has 0 bridgehead atoms. The molecule has 148 valence electrons.